The highest BCUT2D eigenvalue weighted by molar-refractivity contribution is 6.35. The third-order valence-corrected chi connectivity index (χ3v) is 9.32. The molecule has 0 spiro atoms. The number of phenolic OH excluding ortho intramolecular Hbond substituents is 2. The zero-order valence-corrected chi connectivity index (χ0v) is 24.6. The van der Waals surface area contributed by atoms with Crippen LogP contribution in [-0.2, 0) is 41.4 Å². The van der Waals surface area contributed by atoms with Crippen LogP contribution >= 0.6 is 0 Å². The van der Waals surface area contributed by atoms with Gasteiger partial charge in [0.15, 0.2) is 10.9 Å². The Morgan fingerprint density at radius 3 is 1.43 bits per heavy atom. The zero-order chi connectivity index (χ0) is 31.2. The standard InChI is InChI=1S/C34H30O10/c1-13-25-19(9-15(43-13)11-23(37)41-3)27-17-5-8-22(36)32-30(17)28(18-6-7-21(35)31(29(18)27)33(25)39)20-10-16(12-24(38)42-4)44-14(2)26(20)34(32)40/h5-8,13-16,39-40H,9-12H2,1-4H3. The Labute approximate surface area is 250 Å². The highest BCUT2D eigenvalue weighted by atomic mass is 16.5. The summed E-state index contributed by atoms with van der Waals surface area (Å²) in [5, 5.41) is 27.3. The minimum atomic E-state index is -0.651. The zero-order valence-electron chi connectivity index (χ0n) is 24.6. The van der Waals surface area contributed by atoms with Gasteiger partial charge in [-0.15, -0.1) is 0 Å². The van der Waals surface area contributed by atoms with Crippen LogP contribution in [0.5, 0.6) is 11.5 Å². The molecule has 0 radical (unpaired) electrons. The predicted octanol–water partition coefficient (Wildman–Crippen LogP) is 4.44. The van der Waals surface area contributed by atoms with E-state index in [0.29, 0.717) is 54.6 Å². The topological polar surface area (TPSA) is 146 Å². The largest absolute Gasteiger partial charge is 0.507 e. The number of carbonyl (C=O) groups excluding carboxylic acids is 2. The van der Waals surface area contributed by atoms with E-state index in [0.717, 1.165) is 0 Å². The lowest BCUT2D eigenvalue weighted by Crippen LogP contribution is -2.29. The molecule has 2 heterocycles. The van der Waals surface area contributed by atoms with Gasteiger partial charge < -0.3 is 29.2 Å². The van der Waals surface area contributed by atoms with E-state index < -0.39 is 36.4 Å². The molecule has 4 atom stereocenters. The molecule has 10 nitrogen and oxygen atoms in total. The SMILES string of the molecule is COC(=O)CC1Cc2c(c(O)c3c(=O)ccc4c5c6c(c(O)c7c(=O)ccc(c2c34)c75)C(C)OC(CC(=O)OC)C6)C(C)O1. The van der Waals surface area contributed by atoms with Gasteiger partial charge in [0, 0.05) is 34.7 Å². The van der Waals surface area contributed by atoms with Crippen LogP contribution in [0.25, 0.3) is 43.1 Å². The molecule has 10 heteroatoms. The van der Waals surface area contributed by atoms with Gasteiger partial charge in [0.2, 0.25) is 0 Å². The smallest absolute Gasteiger partial charge is 0.308 e. The molecule has 0 aliphatic carbocycles. The summed E-state index contributed by atoms with van der Waals surface area (Å²) in [5.74, 6) is -1.24. The molecule has 0 amide bonds. The molecule has 0 bridgehead atoms. The van der Waals surface area contributed by atoms with E-state index in [1.165, 1.54) is 26.4 Å². The Morgan fingerprint density at radius 2 is 1.07 bits per heavy atom. The maximum absolute atomic E-state index is 13.5. The molecule has 44 heavy (non-hydrogen) atoms. The van der Waals surface area contributed by atoms with Crippen molar-refractivity contribution in [1.29, 1.82) is 0 Å². The third kappa shape index (κ3) is 3.87. The molecule has 0 fully saturated rings. The van der Waals surface area contributed by atoms with Crippen LogP contribution in [0.15, 0.2) is 33.9 Å². The second-order valence-electron chi connectivity index (χ2n) is 11.7. The molecule has 5 aromatic rings. The van der Waals surface area contributed by atoms with Gasteiger partial charge in [0.25, 0.3) is 0 Å². The second-order valence-corrected chi connectivity index (χ2v) is 11.7. The first-order valence-electron chi connectivity index (χ1n) is 14.5. The summed E-state index contributed by atoms with van der Waals surface area (Å²) in [5.41, 5.74) is 1.57. The first-order valence-corrected chi connectivity index (χ1v) is 14.5. The van der Waals surface area contributed by atoms with E-state index in [-0.39, 0.29) is 58.8 Å². The number of hydrogen-bond donors (Lipinski definition) is 2. The van der Waals surface area contributed by atoms with Gasteiger partial charge in [-0.1, -0.05) is 0 Å². The van der Waals surface area contributed by atoms with Gasteiger partial charge in [0.05, 0.1) is 62.2 Å². The fourth-order valence-corrected chi connectivity index (χ4v) is 7.64. The van der Waals surface area contributed by atoms with E-state index in [1.807, 2.05) is 0 Å². The number of phenols is 2. The summed E-state index contributed by atoms with van der Waals surface area (Å²) in [6.07, 6.45) is -1.94. The third-order valence-electron chi connectivity index (χ3n) is 9.32. The molecule has 2 aliphatic heterocycles. The highest BCUT2D eigenvalue weighted by Crippen LogP contribution is 2.53. The van der Waals surface area contributed by atoms with Crippen molar-refractivity contribution in [3.05, 3.63) is 67.0 Å². The van der Waals surface area contributed by atoms with Crippen LogP contribution in [-0.4, -0.2) is 48.6 Å². The molecule has 2 N–H and O–H groups in total. The van der Waals surface area contributed by atoms with Crippen LogP contribution < -0.4 is 10.9 Å². The summed E-state index contributed by atoms with van der Waals surface area (Å²) in [6.45, 7) is 3.51. The summed E-state index contributed by atoms with van der Waals surface area (Å²) < 4.78 is 22.0. The minimum Gasteiger partial charge on any atom is -0.507 e. The quantitative estimate of drug-likeness (QED) is 0.173. The van der Waals surface area contributed by atoms with Crippen molar-refractivity contribution in [3.63, 3.8) is 0 Å². The van der Waals surface area contributed by atoms with Crippen molar-refractivity contribution in [3.8, 4) is 11.5 Å². The number of methoxy groups -OCH3 is 2. The number of carbonyl (C=O) groups is 2. The Hall–Kier alpha value is -4.54. The maximum atomic E-state index is 13.5. The summed E-state index contributed by atoms with van der Waals surface area (Å²) in [6, 6.07) is 6.18. The average Bonchev–Trinajstić information content (AvgIpc) is 2.98. The highest BCUT2D eigenvalue weighted by Gasteiger charge is 2.37. The molecule has 226 valence electrons. The maximum Gasteiger partial charge on any atom is 0.308 e. The van der Waals surface area contributed by atoms with Gasteiger partial charge in [-0.2, -0.15) is 0 Å². The van der Waals surface area contributed by atoms with Gasteiger partial charge in [-0.05, 0) is 70.8 Å². The predicted molar refractivity (Wildman–Crippen MR) is 162 cm³/mol. The van der Waals surface area contributed by atoms with Gasteiger partial charge >= 0.3 is 11.9 Å². The Morgan fingerprint density at radius 1 is 0.682 bits per heavy atom. The number of rotatable bonds is 4. The fourth-order valence-electron chi connectivity index (χ4n) is 7.64. The second kappa shape index (κ2) is 10.0. The Balaban J connectivity index is 1.67. The van der Waals surface area contributed by atoms with E-state index in [1.54, 1.807) is 26.0 Å². The van der Waals surface area contributed by atoms with Crippen molar-refractivity contribution in [2.75, 3.05) is 14.2 Å². The van der Waals surface area contributed by atoms with E-state index >= 15 is 0 Å². The van der Waals surface area contributed by atoms with Gasteiger partial charge in [0.1, 0.15) is 11.5 Å². The van der Waals surface area contributed by atoms with Crippen molar-refractivity contribution in [1.82, 2.24) is 0 Å². The van der Waals surface area contributed by atoms with E-state index in [4.69, 9.17) is 18.9 Å². The molecule has 2 aliphatic rings. The monoisotopic (exact) mass is 598 g/mol. The van der Waals surface area contributed by atoms with Crippen molar-refractivity contribution in [2.45, 2.75) is 63.9 Å². The number of esters is 2. The summed E-state index contributed by atoms with van der Waals surface area (Å²) in [4.78, 5) is 51.4. The number of ether oxygens (including phenoxy) is 4. The van der Waals surface area contributed by atoms with Crippen molar-refractivity contribution >= 4 is 55.0 Å². The number of hydrogen-bond acceptors (Lipinski definition) is 10. The molecule has 0 saturated heterocycles. The Kier molecular flexibility index (Phi) is 6.42. The first kappa shape index (κ1) is 28.2. The number of aromatic hydroxyl groups is 2. The van der Waals surface area contributed by atoms with Gasteiger partial charge in [-0.25, -0.2) is 0 Å². The van der Waals surface area contributed by atoms with E-state index in [9.17, 15) is 29.4 Å². The van der Waals surface area contributed by atoms with E-state index in [2.05, 4.69) is 0 Å². The van der Waals surface area contributed by atoms with Crippen LogP contribution in [0.1, 0.15) is 61.2 Å². The van der Waals surface area contributed by atoms with Crippen LogP contribution in [0.2, 0.25) is 0 Å². The van der Waals surface area contributed by atoms with Crippen LogP contribution in [0.3, 0.4) is 0 Å². The van der Waals surface area contributed by atoms with Crippen LogP contribution in [0.4, 0.5) is 0 Å². The summed E-state index contributed by atoms with van der Waals surface area (Å²) in [7, 11) is 2.61. The first-order chi connectivity index (χ1) is 21.0. The molecule has 7 rings (SSSR count). The van der Waals surface area contributed by atoms with Crippen molar-refractivity contribution in [2.24, 2.45) is 0 Å². The van der Waals surface area contributed by atoms with Gasteiger partial charge in [-0.3, -0.25) is 19.2 Å². The number of benzene rings is 5. The minimum absolute atomic E-state index is 0.00770. The van der Waals surface area contributed by atoms with Crippen molar-refractivity contribution < 1.29 is 38.7 Å². The fraction of sp³-hybridized carbons (Fsp3) is 0.353. The normalized spacial score (nSPS) is 21.5. The molecule has 0 saturated carbocycles. The molecule has 0 aromatic heterocycles. The molecular formula is C34H30O10. The lowest BCUT2D eigenvalue weighted by molar-refractivity contribution is -0.146. The molecule has 4 unspecified atom stereocenters. The lowest BCUT2D eigenvalue weighted by atomic mass is 9.78. The Bertz CT molecular complexity index is 2000. The lowest BCUT2D eigenvalue weighted by Gasteiger charge is -2.34. The summed E-state index contributed by atoms with van der Waals surface area (Å²) >= 11 is 0. The molecule has 5 aromatic carbocycles. The van der Waals surface area contributed by atoms with Crippen LogP contribution in [0, 0.1) is 0 Å². The number of fused-ring (bicyclic) bond motifs is 6. The average molecular weight is 599 g/mol. The molecular weight excluding hydrogens is 568 g/mol.